The fourth-order valence-electron chi connectivity index (χ4n) is 1.66. The standard InChI is InChI=1S/C14H20O4/c1-14(2,3)12-7-5-4-6-11(12)13(17)18-10(8-15)9-16/h4-7,10,15-16H,8-9H2,1-3H3. The molecule has 1 aromatic carbocycles. The Balaban J connectivity index is 2.99. The van der Waals surface area contributed by atoms with Crippen LogP contribution in [0, 0.1) is 0 Å². The molecule has 0 radical (unpaired) electrons. The Kier molecular flexibility index (Phi) is 4.87. The van der Waals surface area contributed by atoms with Gasteiger partial charge in [-0.25, -0.2) is 4.79 Å². The normalized spacial score (nSPS) is 11.7. The molecule has 18 heavy (non-hydrogen) atoms. The average Bonchev–Trinajstić information content (AvgIpc) is 2.34. The van der Waals surface area contributed by atoms with Crippen molar-refractivity contribution in [1.82, 2.24) is 0 Å². The average molecular weight is 252 g/mol. The van der Waals surface area contributed by atoms with Gasteiger partial charge in [0, 0.05) is 0 Å². The van der Waals surface area contributed by atoms with E-state index >= 15 is 0 Å². The zero-order valence-corrected chi connectivity index (χ0v) is 11.0. The second-order valence-corrected chi connectivity index (χ2v) is 5.19. The maximum Gasteiger partial charge on any atom is 0.338 e. The van der Waals surface area contributed by atoms with Gasteiger partial charge in [0.2, 0.25) is 0 Å². The van der Waals surface area contributed by atoms with Crippen molar-refractivity contribution in [1.29, 1.82) is 0 Å². The summed E-state index contributed by atoms with van der Waals surface area (Å²) < 4.78 is 5.03. The SMILES string of the molecule is CC(C)(C)c1ccccc1C(=O)OC(CO)CO. The molecule has 0 aliphatic rings. The van der Waals surface area contributed by atoms with Crippen molar-refractivity contribution in [3.63, 3.8) is 0 Å². The second-order valence-electron chi connectivity index (χ2n) is 5.19. The number of rotatable bonds is 4. The highest BCUT2D eigenvalue weighted by atomic mass is 16.6. The highest BCUT2D eigenvalue weighted by Crippen LogP contribution is 2.26. The first kappa shape index (κ1) is 14.7. The van der Waals surface area contributed by atoms with Gasteiger partial charge >= 0.3 is 5.97 Å². The summed E-state index contributed by atoms with van der Waals surface area (Å²) in [4.78, 5) is 12.0. The molecule has 0 atom stereocenters. The van der Waals surface area contributed by atoms with Gasteiger partial charge in [-0.1, -0.05) is 39.0 Å². The molecule has 2 N–H and O–H groups in total. The first-order chi connectivity index (χ1) is 8.40. The minimum Gasteiger partial charge on any atom is -0.454 e. The van der Waals surface area contributed by atoms with Crippen molar-refractivity contribution in [3.05, 3.63) is 35.4 Å². The minimum atomic E-state index is -0.870. The third-order valence-electron chi connectivity index (χ3n) is 2.64. The molecule has 0 saturated heterocycles. The summed E-state index contributed by atoms with van der Waals surface area (Å²) in [6.45, 7) is 5.25. The van der Waals surface area contributed by atoms with Crippen LogP contribution in [0.25, 0.3) is 0 Å². The summed E-state index contributed by atoms with van der Waals surface area (Å²) in [5.41, 5.74) is 1.17. The number of esters is 1. The molecule has 1 aromatic rings. The zero-order chi connectivity index (χ0) is 13.8. The molecule has 0 fully saturated rings. The number of carbonyl (C=O) groups excluding carboxylic acids is 1. The van der Waals surface area contributed by atoms with Gasteiger partial charge in [-0.2, -0.15) is 0 Å². The first-order valence-electron chi connectivity index (χ1n) is 5.92. The van der Waals surface area contributed by atoms with E-state index in [0.29, 0.717) is 5.56 Å². The van der Waals surface area contributed by atoms with Crippen LogP contribution in [0.2, 0.25) is 0 Å². The topological polar surface area (TPSA) is 66.8 Å². The number of hydrogen-bond donors (Lipinski definition) is 2. The highest BCUT2D eigenvalue weighted by molar-refractivity contribution is 5.91. The quantitative estimate of drug-likeness (QED) is 0.797. The number of aliphatic hydroxyl groups is 2. The highest BCUT2D eigenvalue weighted by Gasteiger charge is 2.23. The molecule has 0 unspecified atom stereocenters. The Hall–Kier alpha value is -1.39. The molecule has 4 nitrogen and oxygen atoms in total. The number of carbonyl (C=O) groups is 1. The summed E-state index contributed by atoms with van der Waals surface area (Å²) in [5.74, 6) is -0.520. The van der Waals surface area contributed by atoms with E-state index in [4.69, 9.17) is 14.9 Å². The van der Waals surface area contributed by atoms with Crippen molar-refractivity contribution >= 4 is 5.97 Å². The summed E-state index contributed by atoms with van der Waals surface area (Å²) >= 11 is 0. The van der Waals surface area contributed by atoms with Crippen molar-refractivity contribution in [2.24, 2.45) is 0 Å². The Morgan fingerprint density at radius 1 is 1.22 bits per heavy atom. The van der Waals surface area contributed by atoms with Crippen LogP contribution >= 0.6 is 0 Å². The Morgan fingerprint density at radius 3 is 2.28 bits per heavy atom. The lowest BCUT2D eigenvalue weighted by atomic mass is 9.84. The van der Waals surface area contributed by atoms with E-state index in [0.717, 1.165) is 5.56 Å². The molecule has 0 bridgehead atoms. The lowest BCUT2D eigenvalue weighted by molar-refractivity contribution is -0.00564. The van der Waals surface area contributed by atoms with E-state index < -0.39 is 12.1 Å². The smallest absolute Gasteiger partial charge is 0.338 e. The maximum absolute atomic E-state index is 12.0. The number of hydrogen-bond acceptors (Lipinski definition) is 4. The van der Waals surface area contributed by atoms with Crippen LogP contribution < -0.4 is 0 Å². The second kappa shape index (κ2) is 5.98. The Bertz CT molecular complexity index is 403. The largest absolute Gasteiger partial charge is 0.454 e. The van der Waals surface area contributed by atoms with Crippen molar-refractivity contribution in [3.8, 4) is 0 Å². The molecule has 4 heteroatoms. The van der Waals surface area contributed by atoms with Crippen LogP contribution in [-0.2, 0) is 10.2 Å². The molecule has 0 saturated carbocycles. The molecule has 0 aliphatic heterocycles. The predicted molar refractivity (Wildman–Crippen MR) is 68.5 cm³/mol. The van der Waals surface area contributed by atoms with Crippen LogP contribution in [0.5, 0.6) is 0 Å². The fraction of sp³-hybridized carbons (Fsp3) is 0.500. The molecular formula is C14H20O4. The van der Waals surface area contributed by atoms with Crippen LogP contribution in [-0.4, -0.2) is 35.5 Å². The maximum atomic E-state index is 12.0. The van der Waals surface area contributed by atoms with Crippen molar-refractivity contribution in [2.45, 2.75) is 32.3 Å². The van der Waals surface area contributed by atoms with Crippen molar-refractivity contribution < 1.29 is 19.7 Å². The molecule has 1 rings (SSSR count). The number of aliphatic hydroxyl groups excluding tert-OH is 2. The molecule has 0 heterocycles. The molecular weight excluding hydrogens is 232 g/mol. The van der Waals surface area contributed by atoms with Crippen LogP contribution in [0.4, 0.5) is 0 Å². The predicted octanol–water partition coefficient (Wildman–Crippen LogP) is 1.49. The molecule has 0 aromatic heterocycles. The fourth-order valence-corrected chi connectivity index (χ4v) is 1.66. The van der Waals surface area contributed by atoms with Gasteiger partial charge in [-0.3, -0.25) is 0 Å². The molecule has 0 amide bonds. The van der Waals surface area contributed by atoms with Crippen LogP contribution in [0.1, 0.15) is 36.7 Å². The van der Waals surface area contributed by atoms with Gasteiger partial charge in [0.25, 0.3) is 0 Å². The van der Waals surface area contributed by atoms with Gasteiger partial charge in [-0.05, 0) is 17.0 Å². The monoisotopic (exact) mass is 252 g/mol. The zero-order valence-electron chi connectivity index (χ0n) is 11.0. The van der Waals surface area contributed by atoms with Crippen LogP contribution in [0.3, 0.4) is 0 Å². The number of ether oxygens (including phenoxy) is 1. The third kappa shape index (κ3) is 3.55. The Morgan fingerprint density at radius 2 is 1.78 bits per heavy atom. The van der Waals surface area contributed by atoms with Gasteiger partial charge in [0.05, 0.1) is 18.8 Å². The lowest BCUT2D eigenvalue weighted by Crippen LogP contribution is -2.27. The summed E-state index contributed by atoms with van der Waals surface area (Å²) in [5, 5.41) is 17.8. The van der Waals surface area contributed by atoms with E-state index in [1.165, 1.54) is 0 Å². The third-order valence-corrected chi connectivity index (χ3v) is 2.64. The lowest BCUT2D eigenvalue weighted by Gasteiger charge is -2.23. The van der Waals surface area contributed by atoms with Gasteiger partial charge in [-0.15, -0.1) is 0 Å². The van der Waals surface area contributed by atoms with Crippen molar-refractivity contribution in [2.75, 3.05) is 13.2 Å². The summed E-state index contributed by atoms with van der Waals surface area (Å²) in [6.07, 6.45) is -0.870. The number of benzene rings is 1. The van der Waals surface area contributed by atoms with E-state index in [2.05, 4.69) is 0 Å². The minimum absolute atomic E-state index is 0.177. The van der Waals surface area contributed by atoms with E-state index in [-0.39, 0.29) is 18.6 Å². The summed E-state index contributed by atoms with van der Waals surface area (Å²) in [7, 11) is 0. The van der Waals surface area contributed by atoms with E-state index in [1.54, 1.807) is 12.1 Å². The summed E-state index contributed by atoms with van der Waals surface area (Å²) in [6, 6.07) is 7.20. The Labute approximate surface area is 107 Å². The first-order valence-corrected chi connectivity index (χ1v) is 5.92. The van der Waals surface area contributed by atoms with Gasteiger partial charge in [0.1, 0.15) is 6.10 Å². The molecule has 0 spiro atoms. The van der Waals surface area contributed by atoms with Crippen LogP contribution in [0.15, 0.2) is 24.3 Å². The van der Waals surface area contributed by atoms with E-state index in [1.807, 2.05) is 32.9 Å². The van der Waals surface area contributed by atoms with E-state index in [9.17, 15) is 4.79 Å². The van der Waals surface area contributed by atoms with Gasteiger partial charge in [0.15, 0.2) is 0 Å². The van der Waals surface area contributed by atoms with Gasteiger partial charge < -0.3 is 14.9 Å². The molecule has 0 aliphatic carbocycles. The molecule has 100 valence electrons.